The summed E-state index contributed by atoms with van der Waals surface area (Å²) >= 11 is 0. The minimum atomic E-state index is -0.387. The first-order chi connectivity index (χ1) is 8.74. The van der Waals surface area contributed by atoms with E-state index in [4.69, 9.17) is 4.74 Å². The van der Waals surface area contributed by atoms with Gasteiger partial charge in [0.1, 0.15) is 0 Å². The summed E-state index contributed by atoms with van der Waals surface area (Å²) in [5.41, 5.74) is 2.13. The lowest BCUT2D eigenvalue weighted by Gasteiger charge is -2.27. The number of anilines is 1. The number of benzene rings is 1. The average Bonchev–Trinajstić information content (AvgIpc) is 2.43. The van der Waals surface area contributed by atoms with Crippen molar-refractivity contribution in [3.63, 3.8) is 0 Å². The molecule has 102 valence electrons. The lowest BCUT2D eigenvalue weighted by Crippen LogP contribution is -2.28. The van der Waals surface area contributed by atoms with E-state index in [1.54, 1.807) is 0 Å². The first kappa shape index (κ1) is 15.0. The Balaban J connectivity index is 2.83. The molecular weight excluding hydrogens is 226 g/mol. The Labute approximate surface area is 110 Å². The molecule has 0 aliphatic carbocycles. The van der Waals surface area contributed by atoms with E-state index in [1.807, 2.05) is 32.0 Å². The maximum atomic E-state index is 10.1. The second kappa shape index (κ2) is 8.11. The van der Waals surface area contributed by atoms with Gasteiger partial charge in [0.2, 0.25) is 0 Å². The maximum Gasteiger partial charge on any atom is 0.0807 e. The van der Waals surface area contributed by atoms with Crippen LogP contribution in [0.3, 0.4) is 0 Å². The standard InChI is InChI=1S/C15H25NO2/c1-4-15(17)13-9-7-8-10-14(13)16(5-2)11-12-18-6-3/h7-10,15,17H,4-6,11-12H2,1-3H3/t15-/m1/s1. The van der Waals surface area contributed by atoms with Gasteiger partial charge in [0, 0.05) is 30.9 Å². The molecule has 0 radical (unpaired) electrons. The second-order valence-electron chi connectivity index (χ2n) is 4.26. The van der Waals surface area contributed by atoms with Gasteiger partial charge in [-0.15, -0.1) is 0 Å². The summed E-state index contributed by atoms with van der Waals surface area (Å²) in [7, 11) is 0. The lowest BCUT2D eigenvalue weighted by atomic mass is 10.0. The number of hydrogen-bond donors (Lipinski definition) is 1. The summed E-state index contributed by atoms with van der Waals surface area (Å²) in [6, 6.07) is 8.08. The van der Waals surface area contributed by atoms with Crippen molar-refractivity contribution in [1.82, 2.24) is 0 Å². The second-order valence-corrected chi connectivity index (χ2v) is 4.26. The van der Waals surface area contributed by atoms with Crippen LogP contribution >= 0.6 is 0 Å². The minimum absolute atomic E-state index is 0.387. The van der Waals surface area contributed by atoms with Crippen molar-refractivity contribution in [1.29, 1.82) is 0 Å². The molecule has 3 heteroatoms. The van der Waals surface area contributed by atoms with Crippen LogP contribution in [0.5, 0.6) is 0 Å². The summed E-state index contributed by atoms with van der Waals surface area (Å²) in [6.45, 7) is 9.38. The van der Waals surface area contributed by atoms with Gasteiger partial charge in [0.25, 0.3) is 0 Å². The van der Waals surface area contributed by atoms with E-state index < -0.39 is 0 Å². The highest BCUT2D eigenvalue weighted by Gasteiger charge is 2.14. The molecule has 0 spiro atoms. The van der Waals surface area contributed by atoms with Crippen LogP contribution < -0.4 is 4.90 Å². The van der Waals surface area contributed by atoms with Gasteiger partial charge < -0.3 is 14.7 Å². The van der Waals surface area contributed by atoms with E-state index in [0.29, 0.717) is 0 Å². The van der Waals surface area contributed by atoms with E-state index in [1.165, 1.54) is 0 Å². The Morgan fingerprint density at radius 1 is 1.22 bits per heavy atom. The molecule has 1 atom stereocenters. The number of aliphatic hydroxyl groups is 1. The predicted octanol–water partition coefficient (Wildman–Crippen LogP) is 2.99. The molecule has 0 unspecified atom stereocenters. The number of nitrogens with zero attached hydrogens (tertiary/aromatic N) is 1. The van der Waals surface area contributed by atoms with Crippen molar-refractivity contribution in [2.45, 2.75) is 33.3 Å². The highest BCUT2D eigenvalue weighted by atomic mass is 16.5. The van der Waals surface area contributed by atoms with E-state index >= 15 is 0 Å². The predicted molar refractivity (Wildman–Crippen MR) is 76.1 cm³/mol. The molecule has 1 aromatic rings. The first-order valence-corrected chi connectivity index (χ1v) is 6.84. The molecule has 0 fully saturated rings. The van der Waals surface area contributed by atoms with Crippen molar-refractivity contribution < 1.29 is 9.84 Å². The number of aliphatic hydroxyl groups excluding tert-OH is 1. The molecule has 0 saturated carbocycles. The van der Waals surface area contributed by atoms with Gasteiger partial charge in [-0.2, -0.15) is 0 Å². The van der Waals surface area contributed by atoms with E-state index in [2.05, 4.69) is 17.9 Å². The smallest absolute Gasteiger partial charge is 0.0807 e. The molecule has 0 saturated heterocycles. The Morgan fingerprint density at radius 3 is 2.56 bits per heavy atom. The van der Waals surface area contributed by atoms with Crippen molar-refractivity contribution in [3.8, 4) is 0 Å². The van der Waals surface area contributed by atoms with Crippen molar-refractivity contribution >= 4 is 5.69 Å². The Morgan fingerprint density at radius 2 is 1.94 bits per heavy atom. The molecule has 0 bridgehead atoms. The molecule has 3 nitrogen and oxygen atoms in total. The lowest BCUT2D eigenvalue weighted by molar-refractivity contribution is 0.153. The maximum absolute atomic E-state index is 10.1. The Hall–Kier alpha value is -1.06. The zero-order valence-electron chi connectivity index (χ0n) is 11.7. The van der Waals surface area contributed by atoms with Crippen LogP contribution in [0.25, 0.3) is 0 Å². The van der Waals surface area contributed by atoms with Crippen LogP contribution in [-0.2, 0) is 4.74 Å². The van der Waals surface area contributed by atoms with Crippen LogP contribution in [-0.4, -0.2) is 31.4 Å². The molecule has 0 amide bonds. The molecule has 0 aliphatic heterocycles. The van der Waals surface area contributed by atoms with Gasteiger partial charge >= 0.3 is 0 Å². The zero-order chi connectivity index (χ0) is 13.4. The highest BCUT2D eigenvalue weighted by molar-refractivity contribution is 5.54. The molecule has 1 N–H and O–H groups in total. The third-order valence-corrected chi connectivity index (χ3v) is 3.11. The fourth-order valence-electron chi connectivity index (χ4n) is 2.05. The number of hydrogen-bond acceptors (Lipinski definition) is 3. The number of para-hydroxylation sites is 1. The number of likely N-dealkylation sites (N-methyl/N-ethyl adjacent to an activating group) is 1. The van der Waals surface area contributed by atoms with E-state index in [9.17, 15) is 5.11 Å². The van der Waals surface area contributed by atoms with Crippen LogP contribution in [0.4, 0.5) is 5.69 Å². The molecule has 0 aliphatic rings. The molecular formula is C15H25NO2. The topological polar surface area (TPSA) is 32.7 Å². The minimum Gasteiger partial charge on any atom is -0.388 e. The molecule has 18 heavy (non-hydrogen) atoms. The van der Waals surface area contributed by atoms with Gasteiger partial charge in [0.05, 0.1) is 12.7 Å². The average molecular weight is 251 g/mol. The highest BCUT2D eigenvalue weighted by Crippen LogP contribution is 2.27. The zero-order valence-corrected chi connectivity index (χ0v) is 11.7. The van der Waals surface area contributed by atoms with E-state index in [0.717, 1.165) is 44.0 Å². The molecule has 0 aromatic heterocycles. The van der Waals surface area contributed by atoms with Crippen LogP contribution in [0.1, 0.15) is 38.9 Å². The largest absolute Gasteiger partial charge is 0.388 e. The van der Waals surface area contributed by atoms with Crippen LogP contribution in [0, 0.1) is 0 Å². The fraction of sp³-hybridized carbons (Fsp3) is 0.600. The van der Waals surface area contributed by atoms with Crippen LogP contribution in [0.2, 0.25) is 0 Å². The summed E-state index contributed by atoms with van der Waals surface area (Å²) < 4.78 is 5.41. The number of rotatable bonds is 8. The van der Waals surface area contributed by atoms with Gasteiger partial charge in [-0.1, -0.05) is 25.1 Å². The summed E-state index contributed by atoms with van der Waals surface area (Å²) in [6.07, 6.45) is 0.349. The number of ether oxygens (including phenoxy) is 1. The van der Waals surface area contributed by atoms with Crippen molar-refractivity contribution in [2.24, 2.45) is 0 Å². The van der Waals surface area contributed by atoms with E-state index in [-0.39, 0.29) is 6.10 Å². The monoisotopic (exact) mass is 251 g/mol. The van der Waals surface area contributed by atoms with Crippen molar-refractivity contribution in [3.05, 3.63) is 29.8 Å². The third kappa shape index (κ3) is 4.00. The van der Waals surface area contributed by atoms with Gasteiger partial charge in [-0.3, -0.25) is 0 Å². The van der Waals surface area contributed by atoms with Crippen LogP contribution in [0.15, 0.2) is 24.3 Å². The Kier molecular flexibility index (Phi) is 6.76. The summed E-state index contributed by atoms with van der Waals surface area (Å²) in [5.74, 6) is 0. The third-order valence-electron chi connectivity index (χ3n) is 3.11. The van der Waals surface area contributed by atoms with Gasteiger partial charge in [-0.05, 0) is 26.3 Å². The van der Waals surface area contributed by atoms with Gasteiger partial charge in [0.15, 0.2) is 0 Å². The molecule has 1 rings (SSSR count). The fourth-order valence-corrected chi connectivity index (χ4v) is 2.05. The van der Waals surface area contributed by atoms with Crippen molar-refractivity contribution in [2.75, 3.05) is 31.2 Å². The summed E-state index contributed by atoms with van der Waals surface area (Å²) in [4.78, 5) is 2.25. The SMILES string of the molecule is CCOCCN(CC)c1ccccc1[C@H](O)CC. The Bertz CT molecular complexity index is 341. The molecule has 0 heterocycles. The van der Waals surface area contributed by atoms with Gasteiger partial charge in [-0.25, -0.2) is 0 Å². The molecule has 1 aromatic carbocycles. The normalized spacial score (nSPS) is 12.4. The summed E-state index contributed by atoms with van der Waals surface area (Å²) in [5, 5.41) is 10.1. The first-order valence-electron chi connectivity index (χ1n) is 6.84. The quantitative estimate of drug-likeness (QED) is 0.721.